The van der Waals surface area contributed by atoms with Gasteiger partial charge < -0.3 is 14.5 Å². The van der Waals surface area contributed by atoms with Crippen molar-refractivity contribution in [3.8, 4) is 11.4 Å². The van der Waals surface area contributed by atoms with Crippen LogP contribution >= 0.6 is 0 Å². The highest BCUT2D eigenvalue weighted by Gasteiger charge is 2.19. The minimum Gasteiger partial charge on any atom is -0.497 e. The molecule has 1 aromatic carbocycles. The highest BCUT2D eigenvalue weighted by molar-refractivity contribution is 5.51. The van der Waals surface area contributed by atoms with Crippen molar-refractivity contribution in [3.63, 3.8) is 0 Å². The summed E-state index contributed by atoms with van der Waals surface area (Å²) in [5, 5.41) is 4.24. The molecule has 0 spiro atoms. The van der Waals surface area contributed by atoms with Gasteiger partial charge in [-0.3, -0.25) is 0 Å². The fourth-order valence-corrected chi connectivity index (χ4v) is 3.66. The number of benzene rings is 1. The van der Waals surface area contributed by atoms with Gasteiger partial charge in [-0.15, -0.1) is 0 Å². The Kier molecular flexibility index (Phi) is 5.74. The van der Waals surface area contributed by atoms with Crippen molar-refractivity contribution in [1.29, 1.82) is 0 Å². The fourth-order valence-electron chi connectivity index (χ4n) is 3.66. The second-order valence-corrected chi connectivity index (χ2v) is 7.53. The zero-order chi connectivity index (χ0) is 21.1. The van der Waals surface area contributed by atoms with E-state index in [2.05, 4.69) is 32.0 Å². The topological polar surface area (TPSA) is 68.4 Å². The lowest BCUT2D eigenvalue weighted by Gasteiger charge is -2.36. The number of anilines is 2. The molecule has 3 aromatic rings. The van der Waals surface area contributed by atoms with E-state index in [0.717, 1.165) is 49.9 Å². The maximum Gasteiger partial charge on any atom is 0.350 e. The van der Waals surface area contributed by atoms with Crippen molar-refractivity contribution >= 4 is 11.5 Å². The molecule has 1 aliphatic rings. The zero-order valence-electron chi connectivity index (χ0n) is 17.7. The van der Waals surface area contributed by atoms with E-state index >= 15 is 0 Å². The predicted octanol–water partition coefficient (Wildman–Crippen LogP) is 2.74. The van der Waals surface area contributed by atoms with Crippen LogP contribution in [0.3, 0.4) is 0 Å². The Morgan fingerprint density at radius 3 is 2.27 bits per heavy atom. The second-order valence-electron chi connectivity index (χ2n) is 7.53. The van der Waals surface area contributed by atoms with Crippen LogP contribution in [0.2, 0.25) is 0 Å². The van der Waals surface area contributed by atoms with Crippen molar-refractivity contribution in [1.82, 2.24) is 19.3 Å². The van der Waals surface area contributed by atoms with Crippen molar-refractivity contribution in [2.75, 3.05) is 43.1 Å². The molecule has 8 nitrogen and oxygen atoms in total. The van der Waals surface area contributed by atoms with Crippen molar-refractivity contribution in [3.05, 3.63) is 59.4 Å². The summed E-state index contributed by atoms with van der Waals surface area (Å²) < 4.78 is 8.30. The molecule has 30 heavy (non-hydrogen) atoms. The van der Waals surface area contributed by atoms with Gasteiger partial charge in [-0.25, -0.2) is 19.0 Å². The third kappa shape index (κ3) is 3.90. The summed E-state index contributed by atoms with van der Waals surface area (Å²) in [6.07, 6.45) is 4.17. The molecule has 0 saturated carbocycles. The number of rotatable bonds is 6. The monoisotopic (exact) mass is 408 g/mol. The van der Waals surface area contributed by atoms with E-state index in [1.54, 1.807) is 24.2 Å². The Bertz CT molecular complexity index is 1020. The van der Waals surface area contributed by atoms with Crippen LogP contribution in [0.15, 0.2) is 53.7 Å². The third-order valence-corrected chi connectivity index (χ3v) is 5.75. The van der Waals surface area contributed by atoms with Crippen LogP contribution in [0.5, 0.6) is 5.75 Å². The first-order valence-electron chi connectivity index (χ1n) is 10.4. The van der Waals surface area contributed by atoms with E-state index in [1.165, 1.54) is 10.4 Å². The molecule has 0 amide bonds. The van der Waals surface area contributed by atoms with Gasteiger partial charge >= 0.3 is 5.69 Å². The molecule has 1 fully saturated rings. The summed E-state index contributed by atoms with van der Waals surface area (Å²) in [4.78, 5) is 21.8. The second kappa shape index (κ2) is 8.61. The Morgan fingerprint density at radius 1 is 1.00 bits per heavy atom. The largest absolute Gasteiger partial charge is 0.497 e. The Hall–Kier alpha value is -3.29. The van der Waals surface area contributed by atoms with Crippen LogP contribution in [0.1, 0.15) is 26.3 Å². The summed E-state index contributed by atoms with van der Waals surface area (Å²) in [6, 6.07) is 12.2. The average molecular weight is 409 g/mol. The Morgan fingerprint density at radius 2 is 1.67 bits per heavy atom. The number of nitrogens with zero attached hydrogens (tertiary/aromatic N) is 6. The smallest absolute Gasteiger partial charge is 0.350 e. The van der Waals surface area contributed by atoms with Gasteiger partial charge in [0.25, 0.3) is 0 Å². The first-order valence-corrected chi connectivity index (χ1v) is 10.4. The van der Waals surface area contributed by atoms with Gasteiger partial charge in [-0.2, -0.15) is 5.10 Å². The highest BCUT2D eigenvalue weighted by atomic mass is 16.5. The fraction of sp³-hybridized carbons (Fsp3) is 0.409. The molecule has 0 aliphatic carbocycles. The van der Waals surface area contributed by atoms with Gasteiger partial charge in [0, 0.05) is 31.9 Å². The van der Waals surface area contributed by atoms with Crippen LogP contribution in [0.4, 0.5) is 11.5 Å². The minimum atomic E-state index is -0.132. The van der Waals surface area contributed by atoms with Gasteiger partial charge in [-0.1, -0.05) is 6.92 Å². The molecular weight excluding hydrogens is 380 g/mol. The Labute approximate surface area is 176 Å². The number of hydrogen-bond donors (Lipinski definition) is 0. The number of hydrogen-bond acceptors (Lipinski definition) is 6. The predicted molar refractivity (Wildman–Crippen MR) is 118 cm³/mol. The molecule has 0 radical (unpaired) electrons. The SMILES string of the molecule is CCC(C)n1ncn(-c2ccc(N3CCN(c4ccc(OC)cc4)CC3)nc2)c1=O. The van der Waals surface area contributed by atoms with Crippen molar-refractivity contribution in [2.24, 2.45) is 0 Å². The summed E-state index contributed by atoms with van der Waals surface area (Å²) in [5.74, 6) is 1.80. The molecule has 8 heteroatoms. The number of ether oxygens (including phenoxy) is 1. The van der Waals surface area contributed by atoms with Gasteiger partial charge in [0.1, 0.15) is 17.9 Å². The van der Waals surface area contributed by atoms with Crippen molar-refractivity contribution in [2.45, 2.75) is 26.3 Å². The van der Waals surface area contributed by atoms with Crippen LogP contribution in [0, 0.1) is 0 Å². The van der Waals surface area contributed by atoms with E-state index in [4.69, 9.17) is 4.74 Å². The lowest BCUT2D eigenvalue weighted by molar-refractivity contribution is 0.415. The van der Waals surface area contributed by atoms with E-state index in [1.807, 2.05) is 38.1 Å². The summed E-state index contributed by atoms with van der Waals surface area (Å²) in [6.45, 7) is 7.68. The molecule has 3 heterocycles. The number of pyridine rings is 1. The summed E-state index contributed by atoms with van der Waals surface area (Å²) in [7, 11) is 1.68. The zero-order valence-corrected chi connectivity index (χ0v) is 17.7. The van der Waals surface area contributed by atoms with Crippen molar-refractivity contribution < 1.29 is 4.74 Å². The molecule has 158 valence electrons. The lowest BCUT2D eigenvalue weighted by atomic mass is 10.2. The minimum absolute atomic E-state index is 0.0768. The Balaban J connectivity index is 1.42. The van der Waals surface area contributed by atoms with E-state index in [0.29, 0.717) is 0 Å². The van der Waals surface area contributed by atoms with E-state index in [-0.39, 0.29) is 11.7 Å². The van der Waals surface area contributed by atoms with Gasteiger partial charge in [0.2, 0.25) is 0 Å². The molecule has 1 atom stereocenters. The third-order valence-electron chi connectivity index (χ3n) is 5.75. The molecular formula is C22H28N6O2. The standard InChI is InChI=1S/C22H28N6O2/c1-4-17(2)28-22(29)27(16-24-28)19-7-10-21(23-15-19)26-13-11-25(12-14-26)18-5-8-20(30-3)9-6-18/h5-10,15-17H,4,11-14H2,1-3H3. The molecule has 2 aromatic heterocycles. The van der Waals surface area contributed by atoms with Gasteiger partial charge in [-0.05, 0) is 49.7 Å². The van der Waals surface area contributed by atoms with Crippen LogP contribution < -0.4 is 20.2 Å². The molecule has 4 rings (SSSR count). The van der Waals surface area contributed by atoms with E-state index in [9.17, 15) is 4.79 Å². The normalized spacial score (nSPS) is 15.3. The molecule has 1 aliphatic heterocycles. The highest BCUT2D eigenvalue weighted by Crippen LogP contribution is 2.22. The number of piperazine rings is 1. The van der Waals surface area contributed by atoms with Crippen LogP contribution in [-0.2, 0) is 0 Å². The van der Waals surface area contributed by atoms with Crippen LogP contribution in [-0.4, -0.2) is 52.6 Å². The number of aromatic nitrogens is 4. The number of methoxy groups -OCH3 is 1. The van der Waals surface area contributed by atoms with Gasteiger partial charge in [0.15, 0.2) is 0 Å². The first-order chi connectivity index (χ1) is 14.6. The van der Waals surface area contributed by atoms with Gasteiger partial charge in [0.05, 0.1) is 25.0 Å². The lowest BCUT2D eigenvalue weighted by Crippen LogP contribution is -2.46. The first kappa shape index (κ1) is 20.0. The molecule has 1 saturated heterocycles. The molecule has 0 N–H and O–H groups in total. The summed E-state index contributed by atoms with van der Waals surface area (Å²) >= 11 is 0. The quantitative estimate of drug-likeness (QED) is 0.625. The van der Waals surface area contributed by atoms with E-state index < -0.39 is 0 Å². The molecule has 0 bridgehead atoms. The molecule has 1 unspecified atom stereocenters. The van der Waals surface area contributed by atoms with Crippen LogP contribution in [0.25, 0.3) is 5.69 Å². The maximum atomic E-state index is 12.6. The average Bonchev–Trinajstić information content (AvgIpc) is 3.20. The summed E-state index contributed by atoms with van der Waals surface area (Å²) in [5.41, 5.74) is 1.80. The maximum absolute atomic E-state index is 12.6.